The van der Waals surface area contributed by atoms with Crippen LogP contribution in [0.5, 0.6) is 5.75 Å². The second-order valence-electron chi connectivity index (χ2n) is 3.25. The first-order valence-corrected chi connectivity index (χ1v) is 6.70. The lowest BCUT2D eigenvalue weighted by Gasteiger charge is -2.07. The molecule has 0 heterocycles. The van der Waals surface area contributed by atoms with Crippen LogP contribution >= 0.6 is 0 Å². The number of ether oxygens (including phenoxy) is 1. The lowest BCUT2D eigenvalue weighted by molar-refractivity contribution is 0.340. The lowest BCUT2D eigenvalue weighted by atomic mass is 10.3. The fourth-order valence-electron chi connectivity index (χ4n) is 1.17. The van der Waals surface area contributed by atoms with Crippen molar-refractivity contribution in [2.24, 2.45) is 5.14 Å². The Balaban J connectivity index is 2.43. The largest absolute Gasteiger partial charge is 0.494 e. The Morgan fingerprint density at radius 2 is 1.94 bits per heavy atom. The van der Waals surface area contributed by atoms with Crippen LogP contribution in [-0.4, -0.2) is 27.3 Å². The average Bonchev–Trinajstić information content (AvgIpc) is 2.19. The summed E-state index contributed by atoms with van der Waals surface area (Å²) in [7, 11) is -3.40. The van der Waals surface area contributed by atoms with Crippen LogP contribution in [0.3, 0.4) is 0 Å². The molecule has 0 aliphatic rings. The van der Waals surface area contributed by atoms with E-state index < -0.39 is 10.0 Å². The topological polar surface area (TPSA) is 81.4 Å². The number of nitrogens with two attached hydrogens (primary N) is 1. The van der Waals surface area contributed by atoms with Gasteiger partial charge in [-0.2, -0.15) is 0 Å². The van der Waals surface area contributed by atoms with Gasteiger partial charge in [-0.15, -0.1) is 0 Å². The van der Waals surface area contributed by atoms with E-state index in [1.54, 1.807) is 0 Å². The summed E-state index contributed by atoms with van der Waals surface area (Å²) in [5.41, 5.74) is 0.840. The molecular formula is C10H16N2O3S. The van der Waals surface area contributed by atoms with E-state index in [1.807, 2.05) is 31.2 Å². The van der Waals surface area contributed by atoms with Gasteiger partial charge >= 0.3 is 0 Å². The third-order valence-electron chi connectivity index (χ3n) is 1.88. The molecule has 0 spiro atoms. The highest BCUT2D eigenvalue weighted by Crippen LogP contribution is 2.15. The standard InChI is InChI=1S/C10H16N2O3S/c1-2-15-10-5-3-9(4-6-10)12-7-8-16(11,13)14/h3-6,12H,2,7-8H2,1H3,(H2,11,13,14). The maximum Gasteiger partial charge on any atom is 0.210 e. The highest BCUT2D eigenvalue weighted by atomic mass is 32.2. The number of hydrogen-bond donors (Lipinski definition) is 2. The summed E-state index contributed by atoms with van der Waals surface area (Å²) in [4.78, 5) is 0. The number of rotatable bonds is 6. The summed E-state index contributed by atoms with van der Waals surface area (Å²) >= 11 is 0. The van der Waals surface area contributed by atoms with Crippen LogP contribution in [0.15, 0.2) is 24.3 Å². The molecule has 0 fully saturated rings. The van der Waals surface area contributed by atoms with Gasteiger partial charge in [0, 0.05) is 12.2 Å². The predicted octanol–water partition coefficient (Wildman–Crippen LogP) is 0.786. The molecule has 0 saturated carbocycles. The summed E-state index contributed by atoms with van der Waals surface area (Å²) in [6.45, 7) is 2.84. The first-order valence-electron chi connectivity index (χ1n) is 4.98. The quantitative estimate of drug-likeness (QED) is 0.775. The highest BCUT2D eigenvalue weighted by molar-refractivity contribution is 7.89. The van der Waals surface area contributed by atoms with Crippen molar-refractivity contribution in [3.05, 3.63) is 24.3 Å². The first-order chi connectivity index (χ1) is 7.51. The zero-order valence-electron chi connectivity index (χ0n) is 9.14. The number of primary sulfonamides is 1. The van der Waals surface area contributed by atoms with Crippen molar-refractivity contribution < 1.29 is 13.2 Å². The maximum absolute atomic E-state index is 10.7. The van der Waals surface area contributed by atoms with Gasteiger partial charge in [-0.3, -0.25) is 0 Å². The number of sulfonamides is 1. The molecule has 0 aliphatic carbocycles. The second kappa shape index (κ2) is 5.72. The second-order valence-corrected chi connectivity index (χ2v) is 4.99. The Bertz CT molecular complexity index is 414. The molecule has 0 unspecified atom stereocenters. The van der Waals surface area contributed by atoms with Gasteiger partial charge in [0.1, 0.15) is 5.75 Å². The van der Waals surface area contributed by atoms with Crippen molar-refractivity contribution in [1.82, 2.24) is 0 Å². The lowest BCUT2D eigenvalue weighted by Crippen LogP contribution is -2.22. The van der Waals surface area contributed by atoms with Crippen LogP contribution in [0.25, 0.3) is 0 Å². The van der Waals surface area contributed by atoms with Crippen molar-refractivity contribution in [3.63, 3.8) is 0 Å². The van der Waals surface area contributed by atoms with E-state index in [0.29, 0.717) is 13.2 Å². The molecule has 0 saturated heterocycles. The zero-order chi connectivity index (χ0) is 12.0. The first kappa shape index (κ1) is 12.8. The molecule has 16 heavy (non-hydrogen) atoms. The van der Waals surface area contributed by atoms with Gasteiger partial charge < -0.3 is 10.1 Å². The Hall–Kier alpha value is -1.27. The molecule has 90 valence electrons. The van der Waals surface area contributed by atoms with E-state index in [1.165, 1.54) is 0 Å². The van der Waals surface area contributed by atoms with Crippen LogP contribution in [-0.2, 0) is 10.0 Å². The maximum atomic E-state index is 10.7. The van der Waals surface area contributed by atoms with Gasteiger partial charge in [0.2, 0.25) is 10.0 Å². The molecule has 0 atom stereocenters. The van der Waals surface area contributed by atoms with Gasteiger partial charge in [-0.25, -0.2) is 13.6 Å². The normalized spacial score (nSPS) is 11.1. The molecule has 0 bridgehead atoms. The molecule has 5 nitrogen and oxygen atoms in total. The zero-order valence-corrected chi connectivity index (χ0v) is 9.96. The van der Waals surface area contributed by atoms with Crippen LogP contribution in [0.1, 0.15) is 6.92 Å². The molecule has 0 radical (unpaired) electrons. The van der Waals surface area contributed by atoms with Gasteiger partial charge in [0.25, 0.3) is 0 Å². The monoisotopic (exact) mass is 244 g/mol. The van der Waals surface area contributed by atoms with Gasteiger partial charge in [0.05, 0.1) is 12.4 Å². The van der Waals surface area contributed by atoms with E-state index >= 15 is 0 Å². The number of hydrogen-bond acceptors (Lipinski definition) is 4. The Labute approximate surface area is 95.7 Å². The fraction of sp³-hybridized carbons (Fsp3) is 0.400. The molecule has 3 N–H and O–H groups in total. The van der Waals surface area contributed by atoms with E-state index in [4.69, 9.17) is 9.88 Å². The van der Waals surface area contributed by atoms with Gasteiger partial charge in [0.15, 0.2) is 0 Å². The fourth-order valence-corrected chi connectivity index (χ4v) is 1.56. The average molecular weight is 244 g/mol. The third kappa shape index (κ3) is 4.99. The Morgan fingerprint density at radius 3 is 2.44 bits per heavy atom. The molecule has 1 aromatic carbocycles. The summed E-state index contributed by atoms with van der Waals surface area (Å²) in [6.07, 6.45) is 0. The van der Waals surface area contributed by atoms with Crippen LogP contribution in [0.2, 0.25) is 0 Å². The Morgan fingerprint density at radius 1 is 1.31 bits per heavy atom. The van der Waals surface area contributed by atoms with Crippen molar-refractivity contribution in [3.8, 4) is 5.75 Å². The van der Waals surface area contributed by atoms with Gasteiger partial charge in [-0.1, -0.05) is 0 Å². The third-order valence-corrected chi connectivity index (χ3v) is 2.65. The van der Waals surface area contributed by atoms with Crippen LogP contribution in [0, 0.1) is 0 Å². The molecule has 1 rings (SSSR count). The highest BCUT2D eigenvalue weighted by Gasteiger charge is 2.01. The smallest absolute Gasteiger partial charge is 0.210 e. The van der Waals surface area contributed by atoms with Crippen LogP contribution < -0.4 is 15.2 Å². The molecule has 1 aromatic rings. The minimum absolute atomic E-state index is 0.0831. The van der Waals surface area contributed by atoms with E-state index in [9.17, 15) is 8.42 Å². The van der Waals surface area contributed by atoms with E-state index in [0.717, 1.165) is 11.4 Å². The Kier molecular flexibility index (Phi) is 4.57. The number of anilines is 1. The molecule has 0 amide bonds. The number of benzene rings is 1. The van der Waals surface area contributed by atoms with E-state index in [-0.39, 0.29) is 5.75 Å². The number of nitrogens with one attached hydrogen (secondary N) is 1. The molecule has 0 aliphatic heterocycles. The minimum atomic E-state index is -3.40. The summed E-state index contributed by atoms with van der Waals surface area (Å²) < 4.78 is 26.6. The van der Waals surface area contributed by atoms with Crippen molar-refractivity contribution in [1.29, 1.82) is 0 Å². The van der Waals surface area contributed by atoms with Crippen molar-refractivity contribution >= 4 is 15.7 Å². The molecular weight excluding hydrogens is 228 g/mol. The van der Waals surface area contributed by atoms with Crippen molar-refractivity contribution in [2.45, 2.75) is 6.92 Å². The van der Waals surface area contributed by atoms with E-state index in [2.05, 4.69) is 5.32 Å². The van der Waals surface area contributed by atoms with Crippen LogP contribution in [0.4, 0.5) is 5.69 Å². The molecule has 6 heteroatoms. The summed E-state index contributed by atoms with van der Waals surface area (Å²) in [5, 5.41) is 7.83. The summed E-state index contributed by atoms with van der Waals surface area (Å²) in [5.74, 6) is 0.708. The van der Waals surface area contributed by atoms with Crippen molar-refractivity contribution in [2.75, 3.05) is 24.2 Å². The predicted molar refractivity (Wildman–Crippen MR) is 64.1 cm³/mol. The van der Waals surface area contributed by atoms with Gasteiger partial charge in [-0.05, 0) is 31.2 Å². The SMILES string of the molecule is CCOc1ccc(NCCS(N)(=O)=O)cc1. The molecule has 0 aromatic heterocycles. The summed E-state index contributed by atoms with van der Waals surface area (Å²) in [6, 6.07) is 7.30. The minimum Gasteiger partial charge on any atom is -0.494 e.